The van der Waals surface area contributed by atoms with Crippen LogP contribution in [0.5, 0.6) is 5.75 Å². The zero-order chi connectivity index (χ0) is 15.4. The normalized spacial score (nSPS) is 11.0. The summed E-state index contributed by atoms with van der Waals surface area (Å²) in [6, 6.07) is 8.05. The molecule has 0 aliphatic rings. The van der Waals surface area contributed by atoms with Crippen molar-refractivity contribution < 1.29 is 22.3 Å². The summed E-state index contributed by atoms with van der Waals surface area (Å²) in [4.78, 5) is 0. The summed E-state index contributed by atoms with van der Waals surface area (Å²) in [6.07, 6.45) is 1.00. The van der Waals surface area contributed by atoms with Crippen molar-refractivity contribution in [3.05, 3.63) is 60.5 Å². The van der Waals surface area contributed by atoms with Crippen molar-refractivity contribution >= 4 is 0 Å². The third kappa shape index (κ3) is 3.74. The Hall–Kier alpha value is -2.04. The van der Waals surface area contributed by atoms with E-state index >= 15 is 0 Å². The van der Waals surface area contributed by atoms with Gasteiger partial charge in [-0.1, -0.05) is 19.1 Å². The van der Waals surface area contributed by atoms with Gasteiger partial charge in [-0.3, -0.25) is 0 Å². The average molecular weight is 297 g/mol. The molecule has 0 aliphatic carbocycles. The fraction of sp³-hybridized carbons (Fsp3) is 0.188. The molecule has 0 heterocycles. The second-order valence-corrected chi connectivity index (χ2v) is 4.43. The Balaban J connectivity index is 2.34. The van der Waals surface area contributed by atoms with E-state index in [0.717, 1.165) is 12.1 Å². The van der Waals surface area contributed by atoms with Crippen LogP contribution >= 0.6 is 0 Å². The van der Waals surface area contributed by atoms with E-state index < -0.39 is 18.2 Å². The van der Waals surface area contributed by atoms with Crippen LogP contribution in [0.15, 0.2) is 36.4 Å². The second-order valence-electron chi connectivity index (χ2n) is 4.43. The molecule has 0 spiro atoms. The van der Waals surface area contributed by atoms with Gasteiger partial charge in [0.05, 0.1) is 0 Å². The van der Waals surface area contributed by atoms with E-state index in [2.05, 4.69) is 11.7 Å². The number of ether oxygens (including phenoxy) is 1. The fourth-order valence-electron chi connectivity index (χ4n) is 2.01. The maximum absolute atomic E-state index is 13.7. The van der Waals surface area contributed by atoms with Gasteiger partial charge in [-0.05, 0) is 53.8 Å². The Morgan fingerprint density at radius 3 is 2.24 bits per heavy atom. The minimum absolute atomic E-state index is 0.347. The summed E-state index contributed by atoms with van der Waals surface area (Å²) in [5, 5.41) is 0. The predicted octanol–water partition coefficient (Wildman–Crippen LogP) is 5.00. The van der Waals surface area contributed by atoms with Crippen molar-refractivity contribution in [1.82, 2.24) is 0 Å². The fourth-order valence-corrected chi connectivity index (χ4v) is 2.01. The van der Waals surface area contributed by atoms with Gasteiger partial charge < -0.3 is 4.74 Å². The van der Waals surface area contributed by atoms with E-state index in [1.54, 1.807) is 6.07 Å². The molecule has 2 rings (SSSR count). The van der Waals surface area contributed by atoms with Gasteiger partial charge in [0.1, 0.15) is 5.82 Å². The van der Waals surface area contributed by atoms with E-state index in [-0.39, 0.29) is 5.82 Å². The highest BCUT2D eigenvalue weighted by Crippen LogP contribution is 2.28. The Morgan fingerprint density at radius 2 is 1.62 bits per heavy atom. The Bertz CT molecular complexity index is 626. The van der Waals surface area contributed by atoms with E-state index in [1.807, 2.05) is 0 Å². The van der Waals surface area contributed by atoms with Crippen LogP contribution in [0.1, 0.15) is 12.0 Å². The van der Waals surface area contributed by atoms with Crippen LogP contribution in [-0.2, 0) is 6.42 Å². The first kappa shape index (κ1) is 15.4. The van der Waals surface area contributed by atoms with Crippen molar-refractivity contribution in [2.24, 2.45) is 0 Å². The number of alkyl halides is 2. The maximum atomic E-state index is 13.7. The van der Waals surface area contributed by atoms with Gasteiger partial charge >= 0.3 is 6.61 Å². The molecule has 0 saturated carbocycles. The zero-order valence-electron chi connectivity index (χ0n) is 11.1. The van der Waals surface area contributed by atoms with Gasteiger partial charge in [-0.2, -0.15) is 8.78 Å². The van der Waals surface area contributed by atoms with Crippen molar-refractivity contribution in [3.8, 4) is 16.9 Å². The van der Waals surface area contributed by atoms with E-state index in [0.29, 0.717) is 29.5 Å². The highest BCUT2D eigenvalue weighted by atomic mass is 19.3. The van der Waals surface area contributed by atoms with Crippen molar-refractivity contribution in [2.75, 3.05) is 0 Å². The molecule has 0 saturated heterocycles. The van der Waals surface area contributed by atoms with Crippen LogP contribution < -0.4 is 4.74 Å². The minimum Gasteiger partial charge on any atom is -0.432 e. The molecule has 0 unspecified atom stereocenters. The third-order valence-electron chi connectivity index (χ3n) is 2.97. The van der Waals surface area contributed by atoms with Gasteiger partial charge in [0.25, 0.3) is 0 Å². The highest BCUT2D eigenvalue weighted by Gasteiger charge is 2.12. The first-order valence-corrected chi connectivity index (χ1v) is 6.33. The van der Waals surface area contributed by atoms with E-state index in [9.17, 15) is 17.6 Å². The number of hydrogen-bond acceptors (Lipinski definition) is 1. The lowest BCUT2D eigenvalue weighted by Gasteiger charge is -2.09. The molecule has 0 aliphatic heterocycles. The smallest absolute Gasteiger partial charge is 0.387 e. The number of aryl methyl sites for hydroxylation is 1. The molecule has 0 N–H and O–H groups in total. The van der Waals surface area contributed by atoms with Crippen LogP contribution in [0.25, 0.3) is 11.1 Å². The van der Waals surface area contributed by atoms with E-state index in [4.69, 9.17) is 0 Å². The number of halogens is 4. The van der Waals surface area contributed by atoms with Crippen LogP contribution in [-0.4, -0.2) is 6.61 Å². The quantitative estimate of drug-likeness (QED) is 0.706. The highest BCUT2D eigenvalue weighted by molar-refractivity contribution is 5.65. The van der Waals surface area contributed by atoms with Crippen LogP contribution in [0, 0.1) is 18.6 Å². The lowest BCUT2D eigenvalue weighted by atomic mass is 10.0. The largest absolute Gasteiger partial charge is 0.432 e. The Kier molecular flexibility index (Phi) is 4.83. The maximum Gasteiger partial charge on any atom is 0.387 e. The lowest BCUT2D eigenvalue weighted by molar-refractivity contribution is -0.0521. The van der Waals surface area contributed by atoms with Crippen LogP contribution in [0.4, 0.5) is 17.6 Å². The van der Waals surface area contributed by atoms with Gasteiger partial charge in [0, 0.05) is 0 Å². The molecular formula is C16H13F4O. The minimum atomic E-state index is -3.08. The van der Waals surface area contributed by atoms with Crippen LogP contribution in [0.3, 0.4) is 0 Å². The third-order valence-corrected chi connectivity index (χ3v) is 2.97. The molecule has 0 aromatic heterocycles. The molecule has 0 fully saturated rings. The van der Waals surface area contributed by atoms with E-state index in [1.165, 1.54) is 18.2 Å². The van der Waals surface area contributed by atoms with Gasteiger partial charge in [0.2, 0.25) is 0 Å². The zero-order valence-corrected chi connectivity index (χ0v) is 11.1. The van der Waals surface area contributed by atoms with Crippen molar-refractivity contribution in [3.63, 3.8) is 0 Å². The van der Waals surface area contributed by atoms with Gasteiger partial charge in [0.15, 0.2) is 11.6 Å². The molecule has 1 nitrogen and oxygen atoms in total. The molecule has 1 radical (unpaired) electrons. The lowest BCUT2D eigenvalue weighted by Crippen LogP contribution is -2.03. The SMILES string of the molecule is [CH2]CCc1cc(-c2ccc(OC(F)F)c(F)c2)ccc1F. The Labute approximate surface area is 120 Å². The number of benzene rings is 2. The molecular weight excluding hydrogens is 284 g/mol. The topological polar surface area (TPSA) is 9.23 Å². The standard InChI is InChI=1S/C16H13F4O/c1-2-3-12-8-10(4-6-13(12)17)11-5-7-15(14(18)9-11)21-16(19)20/h4-9,16H,1-3H2. The number of rotatable bonds is 5. The number of hydrogen-bond donors (Lipinski definition) is 0. The molecule has 0 atom stereocenters. The first-order valence-electron chi connectivity index (χ1n) is 6.33. The van der Waals surface area contributed by atoms with Crippen molar-refractivity contribution in [1.29, 1.82) is 0 Å². The molecule has 2 aromatic rings. The average Bonchev–Trinajstić information content (AvgIpc) is 2.43. The summed E-state index contributed by atoms with van der Waals surface area (Å²) in [5.74, 6) is -1.76. The predicted molar refractivity (Wildman–Crippen MR) is 72.1 cm³/mol. The molecule has 21 heavy (non-hydrogen) atoms. The summed E-state index contributed by atoms with van der Waals surface area (Å²) < 4.78 is 55.4. The summed E-state index contributed by atoms with van der Waals surface area (Å²) in [6.45, 7) is 0.580. The van der Waals surface area contributed by atoms with Crippen LogP contribution in [0.2, 0.25) is 0 Å². The Morgan fingerprint density at radius 1 is 0.952 bits per heavy atom. The van der Waals surface area contributed by atoms with Gasteiger partial charge in [-0.25, -0.2) is 8.78 Å². The monoisotopic (exact) mass is 297 g/mol. The molecule has 0 amide bonds. The second kappa shape index (κ2) is 6.61. The molecule has 2 aromatic carbocycles. The molecule has 0 bridgehead atoms. The van der Waals surface area contributed by atoms with Crippen molar-refractivity contribution in [2.45, 2.75) is 19.5 Å². The summed E-state index contributed by atoms with van der Waals surface area (Å²) in [7, 11) is 0. The first-order chi connectivity index (χ1) is 10.0. The molecule has 5 heteroatoms. The summed E-state index contributed by atoms with van der Waals surface area (Å²) in [5.41, 5.74) is 1.54. The summed E-state index contributed by atoms with van der Waals surface area (Å²) >= 11 is 0. The van der Waals surface area contributed by atoms with Gasteiger partial charge in [-0.15, -0.1) is 0 Å². The molecule has 111 valence electrons.